The Morgan fingerprint density at radius 2 is 1.80 bits per heavy atom. The highest BCUT2D eigenvalue weighted by Gasteiger charge is 2.28. The Balaban J connectivity index is 1.44. The van der Waals surface area contributed by atoms with Crippen LogP contribution in [0, 0.1) is 5.92 Å². The lowest BCUT2D eigenvalue weighted by atomic mass is 9.93. The summed E-state index contributed by atoms with van der Waals surface area (Å²) < 4.78 is 16.2. The number of piperidine rings is 1. The van der Waals surface area contributed by atoms with Crippen LogP contribution in [0.2, 0.25) is 0 Å². The van der Waals surface area contributed by atoms with Crippen molar-refractivity contribution in [2.75, 3.05) is 41.0 Å². The number of nitrogens with zero attached hydrogens (tertiary/aromatic N) is 2. The highest BCUT2D eigenvalue weighted by atomic mass is 16.5. The van der Waals surface area contributed by atoms with E-state index in [-0.39, 0.29) is 11.8 Å². The lowest BCUT2D eigenvalue weighted by Gasteiger charge is -2.32. The van der Waals surface area contributed by atoms with Crippen molar-refractivity contribution in [3.63, 3.8) is 0 Å². The van der Waals surface area contributed by atoms with E-state index in [4.69, 9.17) is 14.2 Å². The number of likely N-dealkylation sites (tertiary alicyclic amines) is 1. The molecular formula is C27H33N3O5. The number of methoxy groups -OCH3 is 3. The lowest BCUT2D eigenvalue weighted by molar-refractivity contribution is -0.116. The first kappa shape index (κ1) is 25.8. The van der Waals surface area contributed by atoms with Crippen molar-refractivity contribution < 1.29 is 23.8 Å². The van der Waals surface area contributed by atoms with Gasteiger partial charge in [-0.25, -0.2) is 0 Å². The van der Waals surface area contributed by atoms with Crippen LogP contribution < -0.4 is 19.5 Å². The molecule has 0 atom stereocenters. The Labute approximate surface area is 206 Å². The van der Waals surface area contributed by atoms with Gasteiger partial charge in [-0.05, 0) is 42.9 Å². The van der Waals surface area contributed by atoms with E-state index in [1.54, 1.807) is 37.7 Å². The quantitative estimate of drug-likeness (QED) is 0.413. The van der Waals surface area contributed by atoms with Crippen LogP contribution >= 0.6 is 0 Å². The van der Waals surface area contributed by atoms with Crippen LogP contribution in [0.4, 0.5) is 0 Å². The van der Waals surface area contributed by atoms with Gasteiger partial charge in [0.05, 0.1) is 21.3 Å². The molecule has 8 heteroatoms. The lowest BCUT2D eigenvalue weighted by Crippen LogP contribution is -2.38. The van der Waals surface area contributed by atoms with Gasteiger partial charge in [-0.1, -0.05) is 18.2 Å². The molecule has 0 unspecified atom stereocenters. The van der Waals surface area contributed by atoms with Crippen molar-refractivity contribution in [2.45, 2.75) is 19.3 Å². The van der Waals surface area contributed by atoms with Crippen molar-refractivity contribution in [3.05, 3.63) is 66.0 Å². The second-order valence-corrected chi connectivity index (χ2v) is 8.21. The molecule has 2 aromatic rings. The number of hydrogen-bond acceptors (Lipinski definition) is 6. The number of pyridine rings is 1. The van der Waals surface area contributed by atoms with E-state index in [2.05, 4.69) is 16.4 Å². The van der Waals surface area contributed by atoms with E-state index in [1.807, 2.05) is 23.1 Å². The minimum atomic E-state index is -0.144. The van der Waals surface area contributed by atoms with Crippen molar-refractivity contribution in [3.8, 4) is 17.2 Å². The summed E-state index contributed by atoms with van der Waals surface area (Å²) in [5, 5.41) is 2.84. The number of carbonyl (C=O) groups is 2. The van der Waals surface area contributed by atoms with E-state index in [0.29, 0.717) is 48.4 Å². The third-order valence-corrected chi connectivity index (χ3v) is 5.97. The Morgan fingerprint density at radius 3 is 2.40 bits per heavy atom. The molecule has 0 radical (unpaired) electrons. The second kappa shape index (κ2) is 13.2. The maximum Gasteiger partial charge on any atom is 0.261 e. The van der Waals surface area contributed by atoms with E-state index in [9.17, 15) is 9.59 Å². The van der Waals surface area contributed by atoms with Gasteiger partial charge in [0, 0.05) is 50.2 Å². The highest BCUT2D eigenvalue weighted by Crippen LogP contribution is 2.35. The topological polar surface area (TPSA) is 90.0 Å². The van der Waals surface area contributed by atoms with Gasteiger partial charge in [-0.3, -0.25) is 14.6 Å². The maximum atomic E-state index is 13.2. The molecule has 1 saturated heterocycles. The average molecular weight is 480 g/mol. The zero-order chi connectivity index (χ0) is 25.0. The first-order valence-electron chi connectivity index (χ1n) is 11.7. The molecule has 1 aromatic carbocycles. The van der Waals surface area contributed by atoms with Gasteiger partial charge < -0.3 is 24.4 Å². The van der Waals surface area contributed by atoms with Crippen molar-refractivity contribution in [2.24, 2.45) is 5.92 Å². The van der Waals surface area contributed by atoms with Gasteiger partial charge in [0.2, 0.25) is 5.91 Å². The third-order valence-electron chi connectivity index (χ3n) is 5.97. The summed E-state index contributed by atoms with van der Waals surface area (Å²) in [5.74, 6) is 1.70. The fraction of sp³-hybridized carbons (Fsp3) is 0.370. The standard InChI is InChI=1S/C27H33N3O5/c1-33-22-17-23(34-2)26(24(18-22)35-3)27(32)30-15-11-20(12-16-30)7-4-5-14-29-25(31)10-9-21-8-6-13-28-19-21/h4-6,8-10,13,17-20H,7,11-12,14-16H2,1-3H3,(H,29,31)/b5-4+,10-9+. The molecule has 0 bridgehead atoms. The zero-order valence-electron chi connectivity index (χ0n) is 20.5. The van der Waals surface area contributed by atoms with E-state index < -0.39 is 0 Å². The predicted octanol–water partition coefficient (Wildman–Crippen LogP) is 3.74. The molecule has 1 aliphatic heterocycles. The number of hydrogen-bond donors (Lipinski definition) is 1. The number of aromatic nitrogens is 1. The first-order chi connectivity index (χ1) is 17.0. The molecule has 1 aliphatic rings. The summed E-state index contributed by atoms with van der Waals surface area (Å²) in [6.45, 7) is 1.82. The molecule has 2 heterocycles. The van der Waals surface area contributed by atoms with Gasteiger partial charge >= 0.3 is 0 Å². The normalized spacial score (nSPS) is 14.3. The monoisotopic (exact) mass is 479 g/mol. The zero-order valence-corrected chi connectivity index (χ0v) is 20.5. The molecule has 186 valence electrons. The van der Waals surface area contributed by atoms with Crippen molar-refractivity contribution in [1.82, 2.24) is 15.2 Å². The molecule has 8 nitrogen and oxygen atoms in total. The van der Waals surface area contributed by atoms with Crippen LogP contribution in [-0.4, -0.2) is 62.7 Å². The molecule has 3 rings (SSSR count). The fourth-order valence-corrected chi connectivity index (χ4v) is 3.98. The number of allylic oxidation sites excluding steroid dienone is 1. The molecule has 1 N–H and O–H groups in total. The van der Waals surface area contributed by atoms with Gasteiger partial charge in [-0.2, -0.15) is 0 Å². The van der Waals surface area contributed by atoms with Crippen molar-refractivity contribution >= 4 is 17.9 Å². The van der Waals surface area contributed by atoms with Gasteiger partial charge in [-0.15, -0.1) is 0 Å². The SMILES string of the molecule is COc1cc(OC)c(C(=O)N2CCC(C/C=C/CNC(=O)/C=C/c3cccnc3)CC2)c(OC)c1. The number of rotatable bonds is 10. The summed E-state index contributed by atoms with van der Waals surface area (Å²) in [6, 6.07) is 7.11. The number of nitrogens with one attached hydrogen (secondary N) is 1. The van der Waals surface area contributed by atoms with Gasteiger partial charge in [0.1, 0.15) is 22.8 Å². The molecule has 1 fully saturated rings. The highest BCUT2D eigenvalue weighted by molar-refractivity contribution is 6.00. The van der Waals surface area contributed by atoms with Crippen LogP contribution in [0.15, 0.2) is 54.9 Å². The second-order valence-electron chi connectivity index (χ2n) is 8.21. The average Bonchev–Trinajstić information content (AvgIpc) is 2.91. The smallest absolute Gasteiger partial charge is 0.261 e. The van der Waals surface area contributed by atoms with E-state index in [0.717, 1.165) is 24.8 Å². The third kappa shape index (κ3) is 7.34. The Hall–Kier alpha value is -3.81. The fourth-order valence-electron chi connectivity index (χ4n) is 3.98. The van der Waals surface area contributed by atoms with Crippen LogP contribution in [0.3, 0.4) is 0 Å². The van der Waals surface area contributed by atoms with E-state index in [1.165, 1.54) is 20.3 Å². The van der Waals surface area contributed by atoms with Crippen LogP contribution in [-0.2, 0) is 4.79 Å². The van der Waals surface area contributed by atoms with Gasteiger partial charge in [0.25, 0.3) is 5.91 Å². The minimum absolute atomic E-state index is 0.0996. The van der Waals surface area contributed by atoms with Crippen LogP contribution in [0.5, 0.6) is 17.2 Å². The Kier molecular flexibility index (Phi) is 9.71. The summed E-state index contributed by atoms with van der Waals surface area (Å²) in [5.41, 5.74) is 1.30. The number of benzene rings is 1. The van der Waals surface area contributed by atoms with Gasteiger partial charge in [0.15, 0.2) is 0 Å². The van der Waals surface area contributed by atoms with Crippen LogP contribution in [0.1, 0.15) is 35.2 Å². The van der Waals surface area contributed by atoms with Crippen LogP contribution in [0.25, 0.3) is 6.08 Å². The summed E-state index contributed by atoms with van der Waals surface area (Å²) in [7, 11) is 4.62. The molecule has 35 heavy (non-hydrogen) atoms. The molecular weight excluding hydrogens is 446 g/mol. The molecule has 0 saturated carbocycles. The minimum Gasteiger partial charge on any atom is -0.496 e. The van der Waals surface area contributed by atoms with E-state index >= 15 is 0 Å². The summed E-state index contributed by atoms with van der Waals surface area (Å²) >= 11 is 0. The Bertz CT molecular complexity index is 1020. The molecule has 1 aromatic heterocycles. The number of ether oxygens (including phenoxy) is 3. The predicted molar refractivity (Wildman–Crippen MR) is 135 cm³/mol. The Morgan fingerprint density at radius 1 is 1.09 bits per heavy atom. The number of amides is 2. The molecule has 0 aliphatic carbocycles. The first-order valence-corrected chi connectivity index (χ1v) is 11.7. The number of carbonyl (C=O) groups excluding carboxylic acids is 2. The molecule has 0 spiro atoms. The maximum absolute atomic E-state index is 13.2. The summed E-state index contributed by atoms with van der Waals surface area (Å²) in [4.78, 5) is 31.0. The summed E-state index contributed by atoms with van der Waals surface area (Å²) in [6.07, 6.45) is 13.4. The largest absolute Gasteiger partial charge is 0.496 e. The molecule has 2 amide bonds. The van der Waals surface area contributed by atoms with Crippen molar-refractivity contribution in [1.29, 1.82) is 0 Å².